The minimum Gasteiger partial charge on any atom is -0.497 e. The fourth-order valence-electron chi connectivity index (χ4n) is 2.33. The van der Waals surface area contributed by atoms with E-state index in [0.717, 1.165) is 11.1 Å². The lowest BCUT2D eigenvalue weighted by Crippen LogP contribution is -2.22. The van der Waals surface area contributed by atoms with Crippen LogP contribution in [0.1, 0.15) is 12.5 Å². The zero-order valence-electron chi connectivity index (χ0n) is 14.7. The second-order valence-corrected chi connectivity index (χ2v) is 6.96. The van der Waals surface area contributed by atoms with Gasteiger partial charge in [0.15, 0.2) is 0 Å². The second-order valence-electron chi connectivity index (χ2n) is 5.67. The highest BCUT2D eigenvalue weighted by Crippen LogP contribution is 2.28. The summed E-state index contributed by atoms with van der Waals surface area (Å²) in [5.41, 5.74) is 2.62. The van der Waals surface area contributed by atoms with Crippen LogP contribution in [0.3, 0.4) is 0 Å². The number of aryl methyl sites for hydroxylation is 1. The van der Waals surface area contributed by atoms with Gasteiger partial charge in [-0.05, 0) is 37.6 Å². The van der Waals surface area contributed by atoms with Crippen molar-refractivity contribution in [3.8, 4) is 17.2 Å². The quantitative estimate of drug-likeness (QED) is 0.657. The van der Waals surface area contributed by atoms with Crippen LogP contribution in [-0.2, 0) is 4.79 Å². The van der Waals surface area contributed by atoms with Crippen LogP contribution in [0, 0.1) is 6.92 Å². The Morgan fingerprint density at radius 3 is 2.77 bits per heavy atom. The zero-order chi connectivity index (χ0) is 18.5. The molecule has 1 atom stereocenters. The number of thioether (sulfide) groups is 1. The van der Waals surface area contributed by atoms with Crippen molar-refractivity contribution in [3.05, 3.63) is 54.1 Å². The maximum Gasteiger partial charge on any atom is 0.277 e. The molecule has 0 fully saturated rings. The Labute approximate surface area is 156 Å². The fraction of sp³-hybridized carbons (Fsp3) is 0.211. The number of nitrogens with zero attached hydrogens (tertiary/aromatic N) is 2. The van der Waals surface area contributed by atoms with Gasteiger partial charge in [-0.2, -0.15) is 0 Å². The number of nitrogens with one attached hydrogen (secondary N) is 1. The molecule has 0 aliphatic heterocycles. The normalized spacial score (nSPS) is 11.8. The monoisotopic (exact) mass is 369 g/mol. The van der Waals surface area contributed by atoms with Gasteiger partial charge >= 0.3 is 0 Å². The van der Waals surface area contributed by atoms with E-state index in [2.05, 4.69) is 15.5 Å². The summed E-state index contributed by atoms with van der Waals surface area (Å²) in [5.74, 6) is 0.979. The van der Waals surface area contributed by atoms with Gasteiger partial charge < -0.3 is 14.5 Å². The highest BCUT2D eigenvalue weighted by atomic mass is 32.2. The third-order valence-electron chi connectivity index (χ3n) is 3.77. The van der Waals surface area contributed by atoms with E-state index in [1.54, 1.807) is 26.2 Å². The summed E-state index contributed by atoms with van der Waals surface area (Å²) in [7, 11) is 1.58. The minimum atomic E-state index is -0.397. The van der Waals surface area contributed by atoms with E-state index in [1.165, 1.54) is 11.8 Å². The molecule has 0 bridgehead atoms. The molecule has 3 aromatic rings. The molecule has 2 aromatic carbocycles. The van der Waals surface area contributed by atoms with Crippen molar-refractivity contribution in [1.29, 1.82) is 0 Å². The number of amides is 1. The number of aromatic nitrogens is 2. The van der Waals surface area contributed by atoms with E-state index >= 15 is 0 Å². The topological polar surface area (TPSA) is 77.2 Å². The largest absolute Gasteiger partial charge is 0.497 e. The van der Waals surface area contributed by atoms with Gasteiger partial charge in [-0.15, -0.1) is 10.2 Å². The number of rotatable bonds is 6. The zero-order valence-corrected chi connectivity index (χ0v) is 15.5. The van der Waals surface area contributed by atoms with E-state index in [9.17, 15) is 4.79 Å². The van der Waals surface area contributed by atoms with Crippen LogP contribution >= 0.6 is 11.8 Å². The molecule has 1 aromatic heterocycles. The molecule has 7 heteroatoms. The van der Waals surface area contributed by atoms with E-state index < -0.39 is 5.25 Å². The van der Waals surface area contributed by atoms with Crippen molar-refractivity contribution < 1.29 is 13.9 Å². The molecule has 3 rings (SSSR count). The molecule has 1 N–H and O–H groups in total. The Balaban J connectivity index is 1.65. The molecule has 0 radical (unpaired) electrons. The Hall–Kier alpha value is -2.80. The predicted molar refractivity (Wildman–Crippen MR) is 101 cm³/mol. The van der Waals surface area contributed by atoms with Crippen molar-refractivity contribution >= 4 is 23.4 Å². The third kappa shape index (κ3) is 4.23. The second kappa shape index (κ2) is 8.05. The van der Waals surface area contributed by atoms with Gasteiger partial charge in [-0.25, -0.2) is 0 Å². The van der Waals surface area contributed by atoms with Gasteiger partial charge in [0.25, 0.3) is 5.22 Å². The first kappa shape index (κ1) is 18.0. The predicted octanol–water partition coefficient (Wildman–Crippen LogP) is 4.17. The van der Waals surface area contributed by atoms with Gasteiger partial charge in [-0.1, -0.05) is 36.0 Å². The van der Waals surface area contributed by atoms with Crippen LogP contribution in [-0.4, -0.2) is 28.5 Å². The van der Waals surface area contributed by atoms with E-state index in [-0.39, 0.29) is 5.91 Å². The van der Waals surface area contributed by atoms with Gasteiger partial charge in [0.05, 0.1) is 12.4 Å². The lowest BCUT2D eigenvalue weighted by atomic mass is 10.1. The van der Waals surface area contributed by atoms with Crippen molar-refractivity contribution in [2.45, 2.75) is 24.3 Å². The number of hydrogen-bond acceptors (Lipinski definition) is 6. The number of hydrogen-bond donors (Lipinski definition) is 1. The molecular formula is C19H19N3O3S. The average molecular weight is 369 g/mol. The van der Waals surface area contributed by atoms with E-state index in [4.69, 9.17) is 9.15 Å². The number of benzene rings is 2. The van der Waals surface area contributed by atoms with Crippen molar-refractivity contribution in [2.75, 3.05) is 12.4 Å². The summed E-state index contributed by atoms with van der Waals surface area (Å²) in [6.07, 6.45) is 0. The summed E-state index contributed by atoms with van der Waals surface area (Å²) in [6, 6.07) is 15.0. The number of carbonyl (C=O) groups is 1. The first-order valence-electron chi connectivity index (χ1n) is 8.08. The van der Waals surface area contributed by atoms with Crippen LogP contribution in [0.15, 0.2) is 58.2 Å². The smallest absolute Gasteiger partial charge is 0.277 e. The Kier molecular flexibility index (Phi) is 5.58. The SMILES string of the molecule is COc1cccc(NC(=O)[C@H](C)Sc2nnc(-c3ccccc3C)o2)c1. The standard InChI is InChI=1S/C19H19N3O3S/c1-12-7-4-5-10-16(12)18-21-22-19(25-18)26-13(2)17(23)20-14-8-6-9-15(11-14)24-3/h4-11,13H,1-3H3,(H,20,23)/t13-/m0/s1. The Morgan fingerprint density at radius 2 is 2.00 bits per heavy atom. The average Bonchev–Trinajstić information content (AvgIpc) is 3.10. The van der Waals surface area contributed by atoms with E-state index in [1.807, 2.05) is 43.3 Å². The Morgan fingerprint density at radius 1 is 1.19 bits per heavy atom. The summed E-state index contributed by atoms with van der Waals surface area (Å²) >= 11 is 1.22. The van der Waals surface area contributed by atoms with Gasteiger partial charge in [0, 0.05) is 17.3 Å². The molecule has 134 valence electrons. The van der Waals surface area contributed by atoms with Crippen LogP contribution in [0.2, 0.25) is 0 Å². The summed E-state index contributed by atoms with van der Waals surface area (Å²) < 4.78 is 10.9. The first-order valence-corrected chi connectivity index (χ1v) is 8.96. The minimum absolute atomic E-state index is 0.154. The van der Waals surface area contributed by atoms with Gasteiger partial charge in [-0.3, -0.25) is 4.79 Å². The molecule has 26 heavy (non-hydrogen) atoms. The van der Waals surface area contributed by atoms with Gasteiger partial charge in [0.2, 0.25) is 11.8 Å². The summed E-state index contributed by atoms with van der Waals surface area (Å²) in [5, 5.41) is 10.9. The summed E-state index contributed by atoms with van der Waals surface area (Å²) in [4.78, 5) is 12.4. The van der Waals surface area contributed by atoms with Crippen molar-refractivity contribution in [1.82, 2.24) is 10.2 Å². The maximum atomic E-state index is 12.4. The van der Waals surface area contributed by atoms with Crippen molar-refractivity contribution in [2.24, 2.45) is 0 Å². The third-order valence-corrected chi connectivity index (χ3v) is 4.70. The molecule has 0 spiro atoms. The van der Waals surface area contributed by atoms with Crippen LogP contribution in [0.25, 0.3) is 11.5 Å². The molecule has 1 amide bonds. The molecule has 0 aliphatic carbocycles. The van der Waals surface area contributed by atoms with Gasteiger partial charge in [0.1, 0.15) is 5.75 Å². The maximum absolute atomic E-state index is 12.4. The molecule has 6 nitrogen and oxygen atoms in total. The fourth-order valence-corrected chi connectivity index (χ4v) is 3.01. The number of anilines is 1. The molecule has 0 unspecified atom stereocenters. The van der Waals surface area contributed by atoms with Crippen LogP contribution < -0.4 is 10.1 Å². The lowest BCUT2D eigenvalue weighted by Gasteiger charge is -2.10. The number of ether oxygens (including phenoxy) is 1. The molecule has 1 heterocycles. The molecule has 0 saturated heterocycles. The van der Waals surface area contributed by atoms with E-state index in [0.29, 0.717) is 22.6 Å². The lowest BCUT2D eigenvalue weighted by molar-refractivity contribution is -0.115. The summed E-state index contributed by atoms with van der Waals surface area (Å²) in [6.45, 7) is 3.77. The molecule has 0 aliphatic rings. The highest BCUT2D eigenvalue weighted by molar-refractivity contribution is 8.00. The Bertz CT molecular complexity index is 910. The number of carbonyl (C=O) groups excluding carboxylic acids is 1. The molecule has 0 saturated carbocycles. The van der Waals surface area contributed by atoms with Crippen molar-refractivity contribution in [3.63, 3.8) is 0 Å². The van der Waals surface area contributed by atoms with Crippen LogP contribution in [0.5, 0.6) is 5.75 Å². The number of methoxy groups -OCH3 is 1. The highest BCUT2D eigenvalue weighted by Gasteiger charge is 2.19. The first-order chi connectivity index (χ1) is 12.6. The molecular weight excluding hydrogens is 350 g/mol. The van der Waals surface area contributed by atoms with Crippen LogP contribution in [0.4, 0.5) is 5.69 Å².